The van der Waals surface area contributed by atoms with Crippen LogP contribution < -0.4 is 11.1 Å². The highest BCUT2D eigenvalue weighted by atomic mass is 32.1. The number of aromatic nitrogens is 1. The number of benzene rings is 1. The SMILES string of the molecule is Cc1cncc(Nc2ccc(C(N)=S)c(C(F)(F)F)c2)c1. The number of thiocarbonyl (C=S) groups is 1. The van der Waals surface area contributed by atoms with E-state index in [1.165, 1.54) is 18.3 Å². The zero-order valence-corrected chi connectivity index (χ0v) is 11.8. The van der Waals surface area contributed by atoms with E-state index in [9.17, 15) is 13.2 Å². The van der Waals surface area contributed by atoms with Crippen LogP contribution in [0.2, 0.25) is 0 Å². The van der Waals surface area contributed by atoms with E-state index in [2.05, 4.69) is 22.5 Å². The lowest BCUT2D eigenvalue weighted by atomic mass is 10.1. The molecule has 0 saturated carbocycles. The van der Waals surface area contributed by atoms with E-state index in [0.29, 0.717) is 5.69 Å². The minimum atomic E-state index is -4.53. The van der Waals surface area contributed by atoms with Crippen molar-refractivity contribution in [3.8, 4) is 0 Å². The van der Waals surface area contributed by atoms with E-state index in [1.807, 2.05) is 6.92 Å². The first-order valence-electron chi connectivity index (χ1n) is 5.97. The lowest BCUT2D eigenvalue weighted by Gasteiger charge is -2.14. The molecule has 0 unspecified atom stereocenters. The summed E-state index contributed by atoms with van der Waals surface area (Å²) in [5, 5.41) is 2.88. The number of halogens is 3. The van der Waals surface area contributed by atoms with Gasteiger partial charge in [-0.3, -0.25) is 4.98 Å². The molecule has 0 aliphatic carbocycles. The molecule has 0 aliphatic heterocycles. The van der Waals surface area contributed by atoms with Crippen molar-refractivity contribution < 1.29 is 13.2 Å². The number of aryl methyl sites for hydroxylation is 1. The summed E-state index contributed by atoms with van der Waals surface area (Å²) >= 11 is 4.66. The molecule has 2 aromatic rings. The molecule has 0 spiro atoms. The van der Waals surface area contributed by atoms with E-state index in [0.717, 1.165) is 11.6 Å². The molecule has 0 atom stereocenters. The van der Waals surface area contributed by atoms with Crippen LogP contribution in [-0.4, -0.2) is 9.97 Å². The molecule has 0 bridgehead atoms. The molecule has 1 aromatic carbocycles. The van der Waals surface area contributed by atoms with Crippen LogP contribution in [0.3, 0.4) is 0 Å². The molecule has 1 heterocycles. The van der Waals surface area contributed by atoms with Crippen molar-refractivity contribution in [1.82, 2.24) is 4.98 Å². The van der Waals surface area contributed by atoms with Crippen LogP contribution in [0.5, 0.6) is 0 Å². The third kappa shape index (κ3) is 3.69. The van der Waals surface area contributed by atoms with Gasteiger partial charge in [-0.2, -0.15) is 13.2 Å². The molecule has 0 amide bonds. The van der Waals surface area contributed by atoms with Gasteiger partial charge in [0.1, 0.15) is 4.99 Å². The number of anilines is 2. The zero-order valence-electron chi connectivity index (χ0n) is 11.0. The molecule has 110 valence electrons. The fraction of sp³-hybridized carbons (Fsp3) is 0.143. The van der Waals surface area contributed by atoms with Crippen molar-refractivity contribution >= 4 is 28.6 Å². The van der Waals surface area contributed by atoms with Gasteiger partial charge < -0.3 is 11.1 Å². The first-order valence-corrected chi connectivity index (χ1v) is 6.38. The Kier molecular flexibility index (Phi) is 4.13. The molecule has 21 heavy (non-hydrogen) atoms. The average Bonchev–Trinajstić information content (AvgIpc) is 2.37. The maximum atomic E-state index is 13.0. The van der Waals surface area contributed by atoms with Crippen molar-refractivity contribution in [3.63, 3.8) is 0 Å². The number of alkyl halides is 3. The molecule has 0 fully saturated rings. The van der Waals surface area contributed by atoms with Crippen molar-refractivity contribution in [2.45, 2.75) is 13.1 Å². The van der Waals surface area contributed by atoms with Gasteiger partial charge in [0.2, 0.25) is 0 Å². The average molecular weight is 311 g/mol. The van der Waals surface area contributed by atoms with Gasteiger partial charge in [-0.15, -0.1) is 0 Å². The van der Waals surface area contributed by atoms with Gasteiger partial charge in [-0.1, -0.05) is 12.2 Å². The summed E-state index contributed by atoms with van der Waals surface area (Å²) in [6.45, 7) is 1.84. The minimum absolute atomic E-state index is 0.189. The highest BCUT2D eigenvalue weighted by molar-refractivity contribution is 7.80. The summed E-state index contributed by atoms with van der Waals surface area (Å²) in [6, 6.07) is 5.52. The fourth-order valence-electron chi connectivity index (χ4n) is 1.86. The molecule has 0 saturated heterocycles. The topological polar surface area (TPSA) is 50.9 Å². The lowest BCUT2D eigenvalue weighted by Crippen LogP contribution is -2.18. The molecular weight excluding hydrogens is 299 g/mol. The van der Waals surface area contributed by atoms with Gasteiger partial charge in [0.25, 0.3) is 0 Å². The number of nitrogens with zero attached hydrogens (tertiary/aromatic N) is 1. The molecular formula is C14H12F3N3S. The third-order valence-electron chi connectivity index (χ3n) is 2.75. The number of nitrogens with two attached hydrogens (primary N) is 1. The van der Waals surface area contributed by atoms with Crippen LogP contribution in [-0.2, 0) is 6.18 Å². The Labute approximate surface area is 125 Å². The summed E-state index contributed by atoms with van der Waals surface area (Å²) in [7, 11) is 0. The largest absolute Gasteiger partial charge is 0.417 e. The second kappa shape index (κ2) is 5.69. The molecule has 3 N–H and O–H groups in total. The Morgan fingerprint density at radius 3 is 2.48 bits per heavy atom. The van der Waals surface area contributed by atoms with Gasteiger partial charge in [-0.25, -0.2) is 0 Å². The maximum absolute atomic E-state index is 13.0. The second-order valence-electron chi connectivity index (χ2n) is 4.50. The molecule has 3 nitrogen and oxygen atoms in total. The van der Waals surface area contributed by atoms with Crippen molar-refractivity contribution in [2.75, 3.05) is 5.32 Å². The van der Waals surface area contributed by atoms with E-state index in [-0.39, 0.29) is 16.2 Å². The second-order valence-corrected chi connectivity index (χ2v) is 4.94. The zero-order chi connectivity index (χ0) is 15.6. The van der Waals surface area contributed by atoms with E-state index in [4.69, 9.17) is 5.73 Å². The Morgan fingerprint density at radius 1 is 1.19 bits per heavy atom. The van der Waals surface area contributed by atoms with Gasteiger partial charge in [0, 0.05) is 17.4 Å². The molecule has 7 heteroatoms. The van der Waals surface area contributed by atoms with E-state index < -0.39 is 11.7 Å². The van der Waals surface area contributed by atoms with Crippen LogP contribution in [0.4, 0.5) is 24.5 Å². The van der Waals surface area contributed by atoms with Crippen LogP contribution in [0, 0.1) is 6.92 Å². The number of pyridine rings is 1. The normalized spacial score (nSPS) is 11.2. The number of nitrogens with one attached hydrogen (secondary N) is 1. The first kappa shape index (κ1) is 15.2. The number of rotatable bonds is 3. The Hall–Kier alpha value is -2.15. The van der Waals surface area contributed by atoms with Gasteiger partial charge in [0.05, 0.1) is 17.4 Å². The molecule has 2 rings (SSSR count). The summed E-state index contributed by atoms with van der Waals surface area (Å²) in [6.07, 6.45) is -1.34. The van der Waals surface area contributed by atoms with E-state index in [1.54, 1.807) is 12.3 Å². The highest BCUT2D eigenvalue weighted by Crippen LogP contribution is 2.34. The van der Waals surface area contributed by atoms with Crippen LogP contribution in [0.25, 0.3) is 0 Å². The Balaban J connectivity index is 2.40. The predicted octanol–water partition coefficient (Wildman–Crippen LogP) is 3.79. The van der Waals surface area contributed by atoms with Crippen LogP contribution in [0.15, 0.2) is 36.7 Å². The van der Waals surface area contributed by atoms with Crippen LogP contribution in [0.1, 0.15) is 16.7 Å². The highest BCUT2D eigenvalue weighted by Gasteiger charge is 2.34. The standard InChI is InChI=1S/C14H12F3N3S/c1-8-4-10(7-19-6-8)20-9-2-3-11(13(18)21)12(5-9)14(15,16)17/h2-7,20H,1H3,(H2,18,21). The van der Waals surface area contributed by atoms with Gasteiger partial charge in [-0.05, 0) is 36.8 Å². The van der Waals surface area contributed by atoms with Crippen LogP contribution >= 0.6 is 12.2 Å². The van der Waals surface area contributed by atoms with Crippen molar-refractivity contribution in [3.05, 3.63) is 53.3 Å². The maximum Gasteiger partial charge on any atom is 0.417 e. The fourth-order valence-corrected chi connectivity index (χ4v) is 2.04. The minimum Gasteiger partial charge on any atom is -0.389 e. The number of hydrogen-bond acceptors (Lipinski definition) is 3. The summed E-state index contributed by atoms with van der Waals surface area (Å²) in [5.41, 5.74) is 6.07. The first-order chi connectivity index (χ1) is 9.77. The number of hydrogen-bond donors (Lipinski definition) is 2. The van der Waals surface area contributed by atoms with Crippen molar-refractivity contribution in [1.29, 1.82) is 0 Å². The summed E-state index contributed by atoms with van der Waals surface area (Å²) in [5.74, 6) is 0. The Bertz CT molecular complexity index is 683. The van der Waals surface area contributed by atoms with Crippen molar-refractivity contribution in [2.24, 2.45) is 5.73 Å². The Morgan fingerprint density at radius 2 is 1.90 bits per heavy atom. The lowest BCUT2D eigenvalue weighted by molar-refractivity contribution is -0.137. The predicted molar refractivity (Wildman–Crippen MR) is 79.6 cm³/mol. The van der Waals surface area contributed by atoms with E-state index >= 15 is 0 Å². The molecule has 1 aromatic heterocycles. The summed E-state index contributed by atoms with van der Waals surface area (Å²) < 4.78 is 39.1. The monoisotopic (exact) mass is 311 g/mol. The van der Waals surface area contributed by atoms with Gasteiger partial charge >= 0.3 is 6.18 Å². The quantitative estimate of drug-likeness (QED) is 0.847. The summed E-state index contributed by atoms with van der Waals surface area (Å²) in [4.78, 5) is 3.69. The molecule has 0 radical (unpaired) electrons. The third-order valence-corrected chi connectivity index (χ3v) is 2.97. The smallest absolute Gasteiger partial charge is 0.389 e. The molecule has 0 aliphatic rings. The van der Waals surface area contributed by atoms with Gasteiger partial charge in [0.15, 0.2) is 0 Å².